The fourth-order valence-corrected chi connectivity index (χ4v) is 3.21. The molecule has 2 aromatic carbocycles. The number of carbonyl (C=O) groups is 1. The van der Waals surface area contributed by atoms with Crippen LogP contribution in [0.1, 0.15) is 22.3 Å². The molecule has 0 aromatic heterocycles. The molecule has 1 fully saturated rings. The van der Waals surface area contributed by atoms with Gasteiger partial charge in [0.15, 0.2) is 23.0 Å². The summed E-state index contributed by atoms with van der Waals surface area (Å²) in [4.78, 5) is 14.3. The second-order valence-corrected chi connectivity index (χ2v) is 6.83. The second-order valence-electron chi connectivity index (χ2n) is 6.83. The highest BCUT2D eigenvalue weighted by molar-refractivity contribution is 5.95. The molecule has 0 spiro atoms. The van der Waals surface area contributed by atoms with Crippen LogP contribution in [-0.4, -0.2) is 60.5 Å². The first kappa shape index (κ1) is 20.9. The molecule has 0 unspecified atom stereocenters. The summed E-state index contributed by atoms with van der Waals surface area (Å²) in [6.45, 7) is 0.854. The maximum atomic E-state index is 12.8. The summed E-state index contributed by atoms with van der Waals surface area (Å²) in [5.41, 5.74) is 6.98. The minimum atomic E-state index is -0.943. The van der Waals surface area contributed by atoms with Crippen molar-refractivity contribution >= 4 is 5.91 Å². The minimum Gasteiger partial charge on any atom is -0.493 e. The lowest BCUT2D eigenvalue weighted by atomic mass is 10.0. The normalized spacial score (nSPS) is 19.0. The van der Waals surface area contributed by atoms with Gasteiger partial charge in [-0.25, -0.2) is 0 Å². The van der Waals surface area contributed by atoms with Crippen molar-refractivity contribution < 1.29 is 29.2 Å². The Hall–Kier alpha value is -2.81. The van der Waals surface area contributed by atoms with Gasteiger partial charge in [0.05, 0.1) is 26.4 Å². The van der Waals surface area contributed by atoms with Crippen molar-refractivity contribution in [2.24, 2.45) is 5.73 Å². The van der Waals surface area contributed by atoms with Gasteiger partial charge in [0, 0.05) is 25.2 Å². The minimum absolute atomic E-state index is 0.0885. The number of aliphatic hydroxyl groups is 2. The summed E-state index contributed by atoms with van der Waals surface area (Å²) in [5, 5.41) is 19.5. The molecule has 1 aliphatic heterocycles. The average Bonchev–Trinajstić information content (AvgIpc) is 2.75. The first-order valence-electron chi connectivity index (χ1n) is 9.35. The molecular weight excluding hydrogens is 376 g/mol. The zero-order valence-electron chi connectivity index (χ0n) is 16.5. The Bertz CT molecular complexity index is 872. The molecular formula is C21H26N2O6. The van der Waals surface area contributed by atoms with Gasteiger partial charge in [-0.2, -0.15) is 0 Å². The Balaban J connectivity index is 1.81. The van der Waals surface area contributed by atoms with Crippen LogP contribution in [0.4, 0.5) is 0 Å². The standard InChI is InChI=1S/C21H26N2O6/c1-27-19-9-13(11-22)3-5-17(19)29-18-6-4-14(10-20(18)28-2)21(26)23-8-7-15(24)16(25)12-23/h3-6,9-10,15-16,24-25H,7-8,11-12,22H2,1-2H3/t15-,16+/m0/s1. The van der Waals surface area contributed by atoms with E-state index in [1.165, 1.54) is 12.0 Å². The number of nitrogens with zero attached hydrogens (tertiary/aromatic N) is 1. The Morgan fingerprint density at radius 2 is 1.69 bits per heavy atom. The van der Waals surface area contributed by atoms with Gasteiger partial charge >= 0.3 is 0 Å². The van der Waals surface area contributed by atoms with E-state index in [1.54, 1.807) is 37.4 Å². The highest BCUT2D eigenvalue weighted by Crippen LogP contribution is 2.37. The number of piperidine rings is 1. The lowest BCUT2D eigenvalue weighted by Gasteiger charge is -2.33. The number of benzene rings is 2. The predicted molar refractivity (Wildman–Crippen MR) is 106 cm³/mol. The summed E-state index contributed by atoms with van der Waals surface area (Å²) in [6.07, 6.45) is -1.41. The monoisotopic (exact) mass is 402 g/mol. The number of β-amino-alcohol motifs (C(OH)–C–C–N with tert-alkyl or cyclic N) is 1. The van der Waals surface area contributed by atoms with Gasteiger partial charge in [0.1, 0.15) is 0 Å². The van der Waals surface area contributed by atoms with Crippen LogP contribution in [0.15, 0.2) is 36.4 Å². The summed E-state index contributed by atoms with van der Waals surface area (Å²) in [7, 11) is 3.04. The number of carbonyl (C=O) groups excluding carboxylic acids is 1. The number of hydrogen-bond acceptors (Lipinski definition) is 7. The third-order valence-corrected chi connectivity index (χ3v) is 4.93. The van der Waals surface area contributed by atoms with E-state index in [0.717, 1.165) is 5.56 Å². The summed E-state index contributed by atoms with van der Waals surface area (Å²) < 4.78 is 16.7. The fourth-order valence-electron chi connectivity index (χ4n) is 3.21. The van der Waals surface area contributed by atoms with E-state index in [-0.39, 0.29) is 12.5 Å². The van der Waals surface area contributed by atoms with Crippen molar-refractivity contribution in [3.05, 3.63) is 47.5 Å². The lowest BCUT2D eigenvalue weighted by molar-refractivity contribution is -0.0321. The maximum absolute atomic E-state index is 12.8. The number of amides is 1. The van der Waals surface area contributed by atoms with E-state index < -0.39 is 12.2 Å². The fraction of sp³-hybridized carbons (Fsp3) is 0.381. The molecule has 1 amide bonds. The van der Waals surface area contributed by atoms with Crippen LogP contribution in [0.25, 0.3) is 0 Å². The topological polar surface area (TPSA) is 114 Å². The number of rotatable bonds is 6. The molecule has 0 aliphatic carbocycles. The molecule has 1 saturated heterocycles. The summed E-state index contributed by atoms with van der Waals surface area (Å²) >= 11 is 0. The largest absolute Gasteiger partial charge is 0.493 e. The molecule has 156 valence electrons. The Morgan fingerprint density at radius 3 is 2.31 bits per heavy atom. The van der Waals surface area contributed by atoms with Crippen LogP contribution in [0.3, 0.4) is 0 Å². The average molecular weight is 402 g/mol. The number of hydrogen-bond donors (Lipinski definition) is 3. The number of aliphatic hydroxyl groups excluding tert-OH is 2. The highest BCUT2D eigenvalue weighted by Gasteiger charge is 2.29. The molecule has 29 heavy (non-hydrogen) atoms. The predicted octanol–water partition coefficient (Wildman–Crippen LogP) is 1.52. The van der Waals surface area contributed by atoms with E-state index in [4.69, 9.17) is 19.9 Å². The molecule has 0 saturated carbocycles. The van der Waals surface area contributed by atoms with Crippen molar-refractivity contribution in [3.8, 4) is 23.0 Å². The third kappa shape index (κ3) is 4.61. The zero-order valence-corrected chi connectivity index (χ0v) is 16.5. The molecule has 1 heterocycles. The van der Waals surface area contributed by atoms with Gasteiger partial charge in [0.25, 0.3) is 5.91 Å². The molecule has 3 rings (SSSR count). The summed E-state index contributed by atoms with van der Waals surface area (Å²) in [5.74, 6) is 1.60. The van der Waals surface area contributed by atoms with Crippen LogP contribution in [-0.2, 0) is 6.54 Å². The number of likely N-dealkylation sites (tertiary alicyclic amines) is 1. The SMILES string of the molecule is COc1cc(CN)ccc1Oc1ccc(C(=O)N2CC[C@H](O)[C@H](O)C2)cc1OC. The molecule has 8 nitrogen and oxygen atoms in total. The van der Waals surface area contributed by atoms with Crippen LogP contribution >= 0.6 is 0 Å². The van der Waals surface area contributed by atoms with E-state index >= 15 is 0 Å². The number of nitrogens with two attached hydrogens (primary N) is 1. The molecule has 2 aromatic rings. The second kappa shape index (κ2) is 9.13. The van der Waals surface area contributed by atoms with Gasteiger partial charge < -0.3 is 35.1 Å². The van der Waals surface area contributed by atoms with Gasteiger partial charge in [0.2, 0.25) is 0 Å². The molecule has 8 heteroatoms. The van der Waals surface area contributed by atoms with Gasteiger partial charge in [-0.05, 0) is 42.3 Å². The highest BCUT2D eigenvalue weighted by atomic mass is 16.5. The van der Waals surface area contributed by atoms with E-state index in [2.05, 4.69) is 0 Å². The smallest absolute Gasteiger partial charge is 0.254 e. The maximum Gasteiger partial charge on any atom is 0.254 e. The van der Waals surface area contributed by atoms with Crippen molar-refractivity contribution in [2.45, 2.75) is 25.2 Å². The number of ether oxygens (including phenoxy) is 3. The quantitative estimate of drug-likeness (QED) is 0.671. The lowest BCUT2D eigenvalue weighted by Crippen LogP contribution is -2.48. The first-order valence-corrected chi connectivity index (χ1v) is 9.35. The summed E-state index contributed by atoms with van der Waals surface area (Å²) in [6, 6.07) is 10.3. The Morgan fingerprint density at radius 1 is 1.03 bits per heavy atom. The van der Waals surface area contributed by atoms with Crippen LogP contribution < -0.4 is 19.9 Å². The van der Waals surface area contributed by atoms with E-state index in [9.17, 15) is 15.0 Å². The van der Waals surface area contributed by atoms with Crippen LogP contribution in [0.2, 0.25) is 0 Å². The van der Waals surface area contributed by atoms with E-state index in [0.29, 0.717) is 48.1 Å². The van der Waals surface area contributed by atoms with Crippen molar-refractivity contribution in [1.82, 2.24) is 4.90 Å². The number of methoxy groups -OCH3 is 2. The van der Waals surface area contributed by atoms with E-state index in [1.807, 2.05) is 6.07 Å². The van der Waals surface area contributed by atoms with Gasteiger partial charge in [-0.15, -0.1) is 0 Å². The van der Waals surface area contributed by atoms with Crippen molar-refractivity contribution in [1.29, 1.82) is 0 Å². The zero-order chi connectivity index (χ0) is 21.0. The van der Waals surface area contributed by atoms with Gasteiger partial charge in [-0.1, -0.05) is 6.07 Å². The van der Waals surface area contributed by atoms with Crippen LogP contribution in [0, 0.1) is 0 Å². The van der Waals surface area contributed by atoms with Gasteiger partial charge in [-0.3, -0.25) is 4.79 Å². The molecule has 0 bridgehead atoms. The molecule has 0 radical (unpaired) electrons. The Labute approximate surface area is 169 Å². The molecule has 2 atom stereocenters. The van der Waals surface area contributed by atoms with Crippen molar-refractivity contribution in [3.63, 3.8) is 0 Å². The molecule has 4 N–H and O–H groups in total. The van der Waals surface area contributed by atoms with Crippen LogP contribution in [0.5, 0.6) is 23.0 Å². The Kier molecular flexibility index (Phi) is 6.58. The molecule has 1 aliphatic rings. The first-order chi connectivity index (χ1) is 14.0. The van der Waals surface area contributed by atoms with Crippen molar-refractivity contribution in [2.75, 3.05) is 27.3 Å². The third-order valence-electron chi connectivity index (χ3n) is 4.93.